The molecule has 5 heteroatoms. The Bertz CT molecular complexity index is 601. The van der Waals surface area contributed by atoms with Gasteiger partial charge in [0.05, 0.1) is 15.9 Å². The van der Waals surface area contributed by atoms with Gasteiger partial charge in [0.2, 0.25) is 0 Å². The first-order chi connectivity index (χ1) is 9.43. The van der Waals surface area contributed by atoms with Gasteiger partial charge in [-0.1, -0.05) is 6.92 Å². The third-order valence-corrected chi connectivity index (χ3v) is 4.54. The van der Waals surface area contributed by atoms with Gasteiger partial charge in [-0.2, -0.15) is 5.10 Å². The fraction of sp³-hybridized carbons (Fsp3) is 0.533. The van der Waals surface area contributed by atoms with Crippen LogP contribution >= 0.6 is 15.9 Å². The molecule has 4 nitrogen and oxygen atoms in total. The molecule has 0 aliphatic heterocycles. The van der Waals surface area contributed by atoms with Crippen molar-refractivity contribution in [3.63, 3.8) is 0 Å². The SMILES string of the molecule is CCc1nn(C)c(CNC(C)c2cc(C)oc2C)c1Br. The number of nitrogens with one attached hydrogen (secondary N) is 1. The van der Waals surface area contributed by atoms with Crippen LogP contribution in [0.15, 0.2) is 15.0 Å². The molecule has 0 saturated carbocycles. The van der Waals surface area contributed by atoms with E-state index in [2.05, 4.69) is 46.3 Å². The molecule has 2 heterocycles. The predicted octanol–water partition coefficient (Wildman–Crippen LogP) is 3.81. The largest absolute Gasteiger partial charge is 0.466 e. The number of rotatable bonds is 5. The van der Waals surface area contributed by atoms with Gasteiger partial charge >= 0.3 is 0 Å². The molecule has 0 bridgehead atoms. The van der Waals surface area contributed by atoms with Crippen LogP contribution in [0.3, 0.4) is 0 Å². The fourth-order valence-corrected chi connectivity index (χ4v) is 3.21. The zero-order valence-electron chi connectivity index (χ0n) is 12.7. The Morgan fingerprint density at radius 3 is 2.65 bits per heavy atom. The number of nitrogens with zero attached hydrogens (tertiary/aromatic N) is 2. The molecule has 0 aliphatic rings. The summed E-state index contributed by atoms with van der Waals surface area (Å²) in [6.07, 6.45) is 0.935. The molecule has 0 amide bonds. The van der Waals surface area contributed by atoms with E-state index in [9.17, 15) is 0 Å². The van der Waals surface area contributed by atoms with E-state index in [0.717, 1.165) is 34.7 Å². The first-order valence-electron chi connectivity index (χ1n) is 6.94. The second-order valence-electron chi connectivity index (χ2n) is 5.16. The molecular weight excluding hydrogens is 318 g/mol. The van der Waals surface area contributed by atoms with E-state index in [-0.39, 0.29) is 6.04 Å². The number of hydrogen-bond donors (Lipinski definition) is 1. The Balaban J connectivity index is 2.09. The van der Waals surface area contributed by atoms with Crippen molar-refractivity contribution >= 4 is 15.9 Å². The van der Waals surface area contributed by atoms with E-state index in [1.807, 2.05) is 25.6 Å². The summed E-state index contributed by atoms with van der Waals surface area (Å²) in [5, 5.41) is 8.05. The van der Waals surface area contributed by atoms with Crippen LogP contribution in [0.5, 0.6) is 0 Å². The van der Waals surface area contributed by atoms with Crippen LogP contribution in [0, 0.1) is 13.8 Å². The van der Waals surface area contributed by atoms with Crippen LogP contribution in [0.25, 0.3) is 0 Å². The molecule has 1 N–H and O–H groups in total. The second kappa shape index (κ2) is 6.14. The molecule has 0 aliphatic carbocycles. The summed E-state index contributed by atoms with van der Waals surface area (Å²) in [6.45, 7) is 9.03. The van der Waals surface area contributed by atoms with Gasteiger partial charge in [0.1, 0.15) is 11.5 Å². The van der Waals surface area contributed by atoms with Crippen LogP contribution in [0.1, 0.15) is 48.4 Å². The van der Waals surface area contributed by atoms with Crippen molar-refractivity contribution < 1.29 is 4.42 Å². The lowest BCUT2D eigenvalue weighted by Crippen LogP contribution is -2.20. The third-order valence-electron chi connectivity index (χ3n) is 3.62. The van der Waals surface area contributed by atoms with E-state index in [0.29, 0.717) is 0 Å². The summed E-state index contributed by atoms with van der Waals surface area (Å²) in [5.74, 6) is 1.95. The summed E-state index contributed by atoms with van der Waals surface area (Å²) in [7, 11) is 1.98. The van der Waals surface area contributed by atoms with Gasteiger partial charge in [0, 0.05) is 25.2 Å². The second-order valence-corrected chi connectivity index (χ2v) is 5.95. The van der Waals surface area contributed by atoms with E-state index in [4.69, 9.17) is 4.42 Å². The zero-order valence-corrected chi connectivity index (χ0v) is 14.3. The van der Waals surface area contributed by atoms with Crippen LogP contribution in [0.2, 0.25) is 0 Å². The minimum Gasteiger partial charge on any atom is -0.466 e. The number of halogens is 1. The highest BCUT2D eigenvalue weighted by Crippen LogP contribution is 2.24. The molecule has 0 aromatic carbocycles. The molecule has 2 aromatic rings. The maximum atomic E-state index is 5.59. The summed E-state index contributed by atoms with van der Waals surface area (Å²) in [4.78, 5) is 0. The monoisotopic (exact) mass is 339 g/mol. The maximum absolute atomic E-state index is 5.59. The van der Waals surface area contributed by atoms with E-state index in [1.165, 1.54) is 11.3 Å². The minimum atomic E-state index is 0.249. The van der Waals surface area contributed by atoms with Crippen molar-refractivity contribution in [2.45, 2.75) is 46.7 Å². The molecule has 2 aromatic heterocycles. The lowest BCUT2D eigenvalue weighted by Gasteiger charge is -2.13. The normalized spacial score (nSPS) is 12.9. The summed E-state index contributed by atoms with van der Waals surface area (Å²) in [6, 6.07) is 2.35. The molecule has 2 rings (SSSR count). The Labute approximate surface area is 128 Å². The van der Waals surface area contributed by atoms with Crippen LogP contribution < -0.4 is 5.32 Å². The topological polar surface area (TPSA) is 43.0 Å². The van der Waals surface area contributed by atoms with Crippen molar-refractivity contribution in [2.75, 3.05) is 0 Å². The van der Waals surface area contributed by atoms with Gasteiger partial charge < -0.3 is 9.73 Å². The summed E-state index contributed by atoms with van der Waals surface area (Å²) in [5.41, 5.74) is 3.50. The minimum absolute atomic E-state index is 0.249. The molecule has 0 spiro atoms. The van der Waals surface area contributed by atoms with Crippen LogP contribution in [0.4, 0.5) is 0 Å². The van der Waals surface area contributed by atoms with Crippen molar-refractivity contribution in [2.24, 2.45) is 7.05 Å². The number of furan rings is 1. The van der Waals surface area contributed by atoms with Crippen molar-refractivity contribution in [1.82, 2.24) is 15.1 Å². The highest BCUT2D eigenvalue weighted by Gasteiger charge is 2.16. The summed E-state index contributed by atoms with van der Waals surface area (Å²) < 4.78 is 8.64. The van der Waals surface area contributed by atoms with Gasteiger partial charge in [-0.25, -0.2) is 0 Å². The van der Waals surface area contributed by atoms with Gasteiger partial charge in [0.15, 0.2) is 0 Å². The fourth-order valence-electron chi connectivity index (χ4n) is 2.45. The molecule has 0 saturated heterocycles. The van der Waals surface area contributed by atoms with Crippen molar-refractivity contribution in [3.05, 3.63) is 39.0 Å². The molecule has 110 valence electrons. The summed E-state index contributed by atoms with van der Waals surface area (Å²) >= 11 is 3.65. The van der Waals surface area contributed by atoms with Gasteiger partial charge in [0.25, 0.3) is 0 Å². The molecule has 0 radical (unpaired) electrons. The van der Waals surface area contributed by atoms with Crippen molar-refractivity contribution in [1.29, 1.82) is 0 Å². The quantitative estimate of drug-likeness (QED) is 0.900. The zero-order chi connectivity index (χ0) is 14.9. The number of aryl methyl sites for hydroxylation is 4. The number of hydrogen-bond acceptors (Lipinski definition) is 3. The van der Waals surface area contributed by atoms with E-state index in [1.54, 1.807) is 0 Å². The van der Waals surface area contributed by atoms with E-state index >= 15 is 0 Å². The molecule has 1 atom stereocenters. The standard InChI is InChI=1S/C15H22BrN3O/c1-6-13-15(16)14(19(5)18-13)8-17-10(3)12-7-9(2)20-11(12)4/h7,10,17H,6,8H2,1-5H3. The van der Waals surface area contributed by atoms with Crippen LogP contribution in [-0.4, -0.2) is 9.78 Å². The average molecular weight is 340 g/mol. The van der Waals surface area contributed by atoms with Gasteiger partial charge in [-0.05, 0) is 49.2 Å². The average Bonchev–Trinajstić information content (AvgIpc) is 2.87. The maximum Gasteiger partial charge on any atom is 0.105 e. The van der Waals surface area contributed by atoms with Crippen LogP contribution in [-0.2, 0) is 20.0 Å². The predicted molar refractivity (Wildman–Crippen MR) is 83.7 cm³/mol. The third kappa shape index (κ3) is 2.99. The van der Waals surface area contributed by atoms with Gasteiger partial charge in [-0.15, -0.1) is 0 Å². The lowest BCUT2D eigenvalue weighted by atomic mass is 10.1. The highest BCUT2D eigenvalue weighted by atomic mass is 79.9. The molecule has 0 fully saturated rings. The lowest BCUT2D eigenvalue weighted by molar-refractivity contribution is 0.487. The molecular formula is C15H22BrN3O. The van der Waals surface area contributed by atoms with Gasteiger partial charge in [-0.3, -0.25) is 4.68 Å². The first kappa shape index (κ1) is 15.3. The molecule has 20 heavy (non-hydrogen) atoms. The van der Waals surface area contributed by atoms with E-state index < -0.39 is 0 Å². The molecule has 1 unspecified atom stereocenters. The Morgan fingerprint density at radius 2 is 2.15 bits per heavy atom. The smallest absolute Gasteiger partial charge is 0.105 e. The Morgan fingerprint density at radius 1 is 1.45 bits per heavy atom. The Kier molecular flexibility index (Phi) is 4.70. The number of aromatic nitrogens is 2. The Hall–Kier alpha value is -1.07. The highest BCUT2D eigenvalue weighted by molar-refractivity contribution is 9.10. The van der Waals surface area contributed by atoms with Crippen molar-refractivity contribution in [3.8, 4) is 0 Å². The first-order valence-corrected chi connectivity index (χ1v) is 7.73.